The van der Waals surface area contributed by atoms with Crippen molar-refractivity contribution < 1.29 is 4.74 Å². The highest BCUT2D eigenvalue weighted by molar-refractivity contribution is 5.47. The minimum absolute atomic E-state index is 0.372. The molecule has 0 aromatic carbocycles. The van der Waals surface area contributed by atoms with Crippen molar-refractivity contribution in [1.82, 2.24) is 14.6 Å². The summed E-state index contributed by atoms with van der Waals surface area (Å²) >= 11 is 0. The lowest BCUT2D eigenvalue weighted by atomic mass is 10.1. The van der Waals surface area contributed by atoms with E-state index in [1.807, 2.05) is 18.3 Å². The number of nitrogens with two attached hydrogens (primary N) is 1. The summed E-state index contributed by atoms with van der Waals surface area (Å²) in [4.78, 5) is 6.94. The lowest BCUT2D eigenvalue weighted by molar-refractivity contribution is 0.0365. The number of fused-ring (bicyclic) bond motifs is 1. The third kappa shape index (κ3) is 2.91. The average Bonchev–Trinajstić information content (AvgIpc) is 2.96. The highest BCUT2D eigenvalue weighted by Gasteiger charge is 2.20. The predicted molar refractivity (Wildman–Crippen MR) is 77.8 cm³/mol. The molecule has 1 saturated heterocycles. The third-order valence-electron chi connectivity index (χ3n) is 3.71. The van der Waals surface area contributed by atoms with Crippen LogP contribution >= 0.6 is 0 Å². The van der Waals surface area contributed by atoms with E-state index < -0.39 is 0 Å². The first-order chi connectivity index (χ1) is 9.86. The van der Waals surface area contributed by atoms with E-state index in [0.29, 0.717) is 12.6 Å². The summed E-state index contributed by atoms with van der Waals surface area (Å²) in [5, 5.41) is 4.16. The van der Waals surface area contributed by atoms with Gasteiger partial charge in [-0.3, -0.25) is 0 Å². The van der Waals surface area contributed by atoms with Crippen LogP contribution in [0, 0.1) is 0 Å². The van der Waals surface area contributed by atoms with E-state index in [1.165, 1.54) is 0 Å². The highest BCUT2D eigenvalue weighted by Crippen LogP contribution is 2.20. The van der Waals surface area contributed by atoms with Crippen molar-refractivity contribution in [3.05, 3.63) is 24.5 Å². The number of nitrogens with zero attached hydrogens (tertiary/aromatic N) is 4. The first-order valence-electron chi connectivity index (χ1n) is 7.24. The molecule has 108 valence electrons. The van der Waals surface area contributed by atoms with E-state index in [9.17, 15) is 0 Å². The maximum Gasteiger partial charge on any atom is 0.157 e. The Balaban J connectivity index is 1.57. The van der Waals surface area contributed by atoms with Crippen molar-refractivity contribution in [2.75, 3.05) is 31.1 Å². The van der Waals surface area contributed by atoms with Crippen LogP contribution in [0.3, 0.4) is 0 Å². The molecule has 3 rings (SSSR count). The van der Waals surface area contributed by atoms with Gasteiger partial charge in [0.05, 0.1) is 12.3 Å². The largest absolute Gasteiger partial charge is 0.378 e. The lowest BCUT2D eigenvalue weighted by Crippen LogP contribution is -2.37. The molecule has 2 aromatic heterocycles. The molecule has 0 unspecified atom stereocenters. The van der Waals surface area contributed by atoms with Gasteiger partial charge in [-0.1, -0.05) is 0 Å². The average molecular weight is 275 g/mol. The summed E-state index contributed by atoms with van der Waals surface area (Å²) in [5.41, 5.74) is 6.37. The molecule has 0 atom stereocenters. The van der Waals surface area contributed by atoms with Crippen LogP contribution in [0.4, 0.5) is 5.82 Å². The smallest absolute Gasteiger partial charge is 0.157 e. The molecule has 1 aliphatic heterocycles. The second kappa shape index (κ2) is 6.19. The monoisotopic (exact) mass is 275 g/mol. The summed E-state index contributed by atoms with van der Waals surface area (Å²) in [7, 11) is 0. The number of rotatable bonds is 5. The predicted octanol–water partition coefficient (Wildman–Crippen LogP) is 1.06. The normalized spacial score (nSPS) is 16.9. The summed E-state index contributed by atoms with van der Waals surface area (Å²) < 4.78 is 7.61. The fourth-order valence-electron chi connectivity index (χ4n) is 2.56. The van der Waals surface area contributed by atoms with E-state index in [1.54, 1.807) is 10.7 Å². The molecule has 0 bridgehead atoms. The number of piperidine rings is 1. The van der Waals surface area contributed by atoms with Gasteiger partial charge >= 0.3 is 0 Å². The van der Waals surface area contributed by atoms with Crippen LogP contribution in [-0.4, -0.2) is 46.9 Å². The summed E-state index contributed by atoms with van der Waals surface area (Å²) in [6.45, 7) is 3.46. The zero-order valence-corrected chi connectivity index (χ0v) is 11.6. The van der Waals surface area contributed by atoms with E-state index in [2.05, 4.69) is 15.0 Å². The van der Waals surface area contributed by atoms with Crippen molar-refractivity contribution in [3.8, 4) is 0 Å². The molecule has 3 heterocycles. The molecule has 0 spiro atoms. The molecule has 0 radical (unpaired) electrons. The van der Waals surface area contributed by atoms with E-state index in [4.69, 9.17) is 10.5 Å². The molecular weight excluding hydrogens is 254 g/mol. The van der Waals surface area contributed by atoms with Crippen LogP contribution in [0.15, 0.2) is 24.5 Å². The van der Waals surface area contributed by atoms with Crippen LogP contribution in [0.5, 0.6) is 0 Å². The SMILES string of the molecule is NCCCOC1CCN(c2ccn3nccc3n2)CC1. The van der Waals surface area contributed by atoms with E-state index >= 15 is 0 Å². The summed E-state index contributed by atoms with van der Waals surface area (Å²) in [6.07, 6.45) is 7.15. The minimum Gasteiger partial charge on any atom is -0.378 e. The molecule has 1 fully saturated rings. The second-order valence-corrected chi connectivity index (χ2v) is 5.12. The third-order valence-corrected chi connectivity index (χ3v) is 3.71. The van der Waals surface area contributed by atoms with Crippen LogP contribution in [-0.2, 0) is 4.74 Å². The Morgan fingerprint density at radius 3 is 2.95 bits per heavy atom. The number of hydrogen-bond acceptors (Lipinski definition) is 5. The van der Waals surface area contributed by atoms with E-state index in [-0.39, 0.29) is 0 Å². The molecule has 2 N–H and O–H groups in total. The van der Waals surface area contributed by atoms with Gasteiger partial charge in [-0.05, 0) is 31.9 Å². The number of aromatic nitrogens is 3. The molecule has 0 saturated carbocycles. The Bertz CT molecular complexity index is 547. The van der Waals surface area contributed by atoms with Gasteiger partial charge in [-0.25, -0.2) is 9.50 Å². The van der Waals surface area contributed by atoms with Gasteiger partial charge in [-0.2, -0.15) is 5.10 Å². The molecule has 0 aliphatic carbocycles. The standard InChI is InChI=1S/C14H21N5O/c15-6-1-11-20-12-3-8-18(9-4-12)13-5-10-19-14(17-13)2-7-16-19/h2,5,7,10,12H,1,3-4,6,8-9,11,15H2. The fourth-order valence-corrected chi connectivity index (χ4v) is 2.56. The Morgan fingerprint density at radius 1 is 1.30 bits per heavy atom. The van der Waals surface area contributed by atoms with Gasteiger partial charge in [0.1, 0.15) is 5.82 Å². The first-order valence-corrected chi connectivity index (χ1v) is 7.24. The summed E-state index contributed by atoms with van der Waals surface area (Å²) in [6, 6.07) is 3.95. The molecule has 1 aliphatic rings. The Morgan fingerprint density at radius 2 is 2.15 bits per heavy atom. The zero-order chi connectivity index (χ0) is 13.8. The van der Waals surface area contributed by atoms with Crippen LogP contribution in [0.2, 0.25) is 0 Å². The number of ether oxygens (including phenoxy) is 1. The molecule has 20 heavy (non-hydrogen) atoms. The topological polar surface area (TPSA) is 68.7 Å². The first kappa shape index (κ1) is 13.3. The van der Waals surface area contributed by atoms with E-state index in [0.717, 1.165) is 50.4 Å². The Labute approximate surface area is 118 Å². The van der Waals surface area contributed by atoms with Gasteiger partial charge in [0.25, 0.3) is 0 Å². The molecule has 2 aromatic rings. The van der Waals surface area contributed by atoms with Crippen molar-refractivity contribution in [2.24, 2.45) is 5.73 Å². The van der Waals surface area contributed by atoms with Gasteiger partial charge in [-0.15, -0.1) is 0 Å². The van der Waals surface area contributed by atoms with Crippen molar-refractivity contribution in [3.63, 3.8) is 0 Å². The van der Waals surface area contributed by atoms with Crippen LogP contribution < -0.4 is 10.6 Å². The van der Waals surface area contributed by atoms with Gasteiger partial charge < -0.3 is 15.4 Å². The molecule has 6 heteroatoms. The maximum absolute atomic E-state index is 5.82. The zero-order valence-electron chi connectivity index (χ0n) is 11.6. The maximum atomic E-state index is 5.82. The van der Waals surface area contributed by atoms with Gasteiger partial charge in [0.15, 0.2) is 5.65 Å². The van der Waals surface area contributed by atoms with Gasteiger partial charge in [0.2, 0.25) is 0 Å². The van der Waals surface area contributed by atoms with Crippen LogP contribution in [0.25, 0.3) is 5.65 Å². The molecule has 6 nitrogen and oxygen atoms in total. The van der Waals surface area contributed by atoms with Crippen molar-refractivity contribution >= 4 is 11.5 Å². The quantitative estimate of drug-likeness (QED) is 0.826. The minimum atomic E-state index is 0.372. The molecule has 0 amide bonds. The fraction of sp³-hybridized carbons (Fsp3) is 0.571. The molecular formula is C14H21N5O. The Kier molecular flexibility index (Phi) is 4.13. The number of anilines is 1. The van der Waals surface area contributed by atoms with Gasteiger partial charge in [0, 0.05) is 32.0 Å². The highest BCUT2D eigenvalue weighted by atomic mass is 16.5. The summed E-state index contributed by atoms with van der Waals surface area (Å²) in [5.74, 6) is 1.03. The second-order valence-electron chi connectivity index (χ2n) is 5.12. The Hall–Kier alpha value is -1.66. The van der Waals surface area contributed by atoms with Crippen molar-refractivity contribution in [2.45, 2.75) is 25.4 Å². The van der Waals surface area contributed by atoms with Crippen LogP contribution in [0.1, 0.15) is 19.3 Å². The van der Waals surface area contributed by atoms with Crippen molar-refractivity contribution in [1.29, 1.82) is 0 Å². The number of hydrogen-bond donors (Lipinski definition) is 1. The lowest BCUT2D eigenvalue weighted by Gasteiger charge is -2.32.